The lowest BCUT2D eigenvalue weighted by molar-refractivity contribution is 0.149. The Morgan fingerprint density at radius 3 is 2.60 bits per heavy atom. The van der Waals surface area contributed by atoms with Crippen LogP contribution in [0.25, 0.3) is 0 Å². The number of guanidine groups is 1. The van der Waals surface area contributed by atoms with E-state index in [-0.39, 0.29) is 5.54 Å². The molecule has 0 amide bonds. The van der Waals surface area contributed by atoms with E-state index in [1.807, 2.05) is 0 Å². The second-order valence-corrected chi connectivity index (χ2v) is 5.14. The van der Waals surface area contributed by atoms with Crippen LogP contribution in [0.4, 0.5) is 0 Å². The summed E-state index contributed by atoms with van der Waals surface area (Å²) in [6.45, 7) is 9.50. The highest BCUT2D eigenvalue weighted by Gasteiger charge is 2.40. The normalized spacial score (nSPS) is 26.6. The molecule has 15 heavy (non-hydrogen) atoms. The Balaban J connectivity index is 2.68. The Morgan fingerprint density at radius 2 is 2.13 bits per heavy atom. The van der Waals surface area contributed by atoms with E-state index >= 15 is 0 Å². The molecule has 1 atom stereocenters. The minimum Gasteiger partial charge on any atom is -0.370 e. The number of nitrogens with zero attached hydrogens (tertiary/aromatic N) is 3. The van der Waals surface area contributed by atoms with Crippen LogP contribution in [0.5, 0.6) is 0 Å². The molecule has 0 aromatic rings. The second kappa shape index (κ2) is 4.39. The minimum absolute atomic E-state index is 0.0973. The summed E-state index contributed by atoms with van der Waals surface area (Å²) in [6.07, 6.45) is 0. The lowest BCUT2D eigenvalue weighted by Gasteiger charge is -2.40. The fourth-order valence-electron chi connectivity index (χ4n) is 1.84. The van der Waals surface area contributed by atoms with Crippen molar-refractivity contribution >= 4 is 5.96 Å². The Bertz CT molecular complexity index is 247. The van der Waals surface area contributed by atoms with Gasteiger partial charge in [-0.2, -0.15) is 0 Å². The van der Waals surface area contributed by atoms with Gasteiger partial charge in [-0.15, -0.1) is 0 Å². The third kappa shape index (κ3) is 2.43. The zero-order valence-electron chi connectivity index (χ0n) is 10.6. The first-order valence-corrected chi connectivity index (χ1v) is 5.60. The van der Waals surface area contributed by atoms with E-state index in [0.29, 0.717) is 11.9 Å². The summed E-state index contributed by atoms with van der Waals surface area (Å²) in [5.74, 6) is 1.26. The van der Waals surface area contributed by atoms with E-state index < -0.39 is 0 Å². The van der Waals surface area contributed by atoms with Gasteiger partial charge in [-0.05, 0) is 26.9 Å². The molecule has 0 saturated carbocycles. The summed E-state index contributed by atoms with van der Waals surface area (Å²) < 4.78 is 0. The van der Waals surface area contributed by atoms with Crippen LogP contribution < -0.4 is 5.73 Å². The van der Waals surface area contributed by atoms with Gasteiger partial charge in [0, 0.05) is 13.1 Å². The van der Waals surface area contributed by atoms with Crippen molar-refractivity contribution < 1.29 is 0 Å². The Labute approximate surface area is 93.1 Å². The standard InChI is InChI=1S/C11H24N4/c1-9(2)11(3)8-13-10(12)15(11)7-6-14(4)5/h9H,6-8H2,1-5H3,(H2,12,13). The lowest BCUT2D eigenvalue weighted by atomic mass is 9.87. The van der Waals surface area contributed by atoms with Gasteiger partial charge in [0.25, 0.3) is 0 Å². The Hall–Kier alpha value is -0.770. The van der Waals surface area contributed by atoms with E-state index in [4.69, 9.17) is 5.73 Å². The first kappa shape index (κ1) is 12.3. The third-order valence-corrected chi connectivity index (χ3v) is 3.47. The highest BCUT2D eigenvalue weighted by molar-refractivity contribution is 5.81. The van der Waals surface area contributed by atoms with Crippen LogP contribution in [0, 0.1) is 5.92 Å². The SMILES string of the molecule is CC(C)C1(C)CN=C(N)N1CCN(C)C. The average Bonchev–Trinajstić information content (AvgIpc) is 2.41. The summed E-state index contributed by atoms with van der Waals surface area (Å²) >= 11 is 0. The number of likely N-dealkylation sites (N-methyl/N-ethyl adjacent to an activating group) is 1. The maximum Gasteiger partial charge on any atom is 0.191 e. The number of rotatable bonds is 4. The molecule has 1 aliphatic rings. The van der Waals surface area contributed by atoms with Crippen LogP contribution in [0.1, 0.15) is 20.8 Å². The van der Waals surface area contributed by atoms with Gasteiger partial charge in [-0.3, -0.25) is 4.99 Å². The Kier molecular flexibility index (Phi) is 3.60. The zero-order chi connectivity index (χ0) is 11.6. The van der Waals surface area contributed by atoms with Gasteiger partial charge in [0.15, 0.2) is 5.96 Å². The first-order chi connectivity index (χ1) is 6.88. The summed E-state index contributed by atoms with van der Waals surface area (Å²) in [5.41, 5.74) is 6.03. The quantitative estimate of drug-likeness (QED) is 0.742. The molecule has 0 bridgehead atoms. The van der Waals surface area contributed by atoms with E-state index in [1.165, 1.54) is 0 Å². The predicted octanol–water partition coefficient (Wildman–Crippen LogP) is 0.593. The molecule has 0 fully saturated rings. The first-order valence-electron chi connectivity index (χ1n) is 5.60. The zero-order valence-corrected chi connectivity index (χ0v) is 10.6. The molecule has 0 saturated heterocycles. The van der Waals surface area contributed by atoms with Crippen molar-refractivity contribution in [3.05, 3.63) is 0 Å². The van der Waals surface area contributed by atoms with Crippen molar-refractivity contribution in [2.75, 3.05) is 33.7 Å². The van der Waals surface area contributed by atoms with E-state index in [2.05, 4.69) is 49.7 Å². The van der Waals surface area contributed by atoms with E-state index in [9.17, 15) is 0 Å². The molecular weight excluding hydrogens is 188 g/mol. The van der Waals surface area contributed by atoms with Gasteiger partial charge in [0.2, 0.25) is 0 Å². The summed E-state index contributed by atoms with van der Waals surface area (Å²) in [6, 6.07) is 0. The van der Waals surface area contributed by atoms with Crippen molar-refractivity contribution in [3.8, 4) is 0 Å². The predicted molar refractivity (Wildman–Crippen MR) is 65.0 cm³/mol. The summed E-state index contributed by atoms with van der Waals surface area (Å²) in [5, 5.41) is 0. The molecule has 4 nitrogen and oxygen atoms in total. The monoisotopic (exact) mass is 212 g/mol. The van der Waals surface area contributed by atoms with Crippen molar-refractivity contribution in [1.29, 1.82) is 0 Å². The van der Waals surface area contributed by atoms with E-state index in [1.54, 1.807) is 0 Å². The summed E-state index contributed by atoms with van der Waals surface area (Å²) in [4.78, 5) is 8.79. The molecule has 1 rings (SSSR count). The average molecular weight is 212 g/mol. The van der Waals surface area contributed by atoms with Crippen molar-refractivity contribution in [2.45, 2.75) is 26.3 Å². The van der Waals surface area contributed by atoms with Gasteiger partial charge in [-0.1, -0.05) is 13.8 Å². The molecule has 0 radical (unpaired) electrons. The number of aliphatic imine (C=N–C) groups is 1. The van der Waals surface area contributed by atoms with Crippen LogP contribution in [-0.4, -0.2) is 55.0 Å². The molecule has 0 aliphatic carbocycles. The second-order valence-electron chi connectivity index (χ2n) is 5.14. The molecule has 0 aromatic carbocycles. The summed E-state index contributed by atoms with van der Waals surface area (Å²) in [7, 11) is 4.16. The molecule has 1 heterocycles. The van der Waals surface area contributed by atoms with Crippen LogP contribution >= 0.6 is 0 Å². The highest BCUT2D eigenvalue weighted by Crippen LogP contribution is 2.28. The topological polar surface area (TPSA) is 44.9 Å². The van der Waals surface area contributed by atoms with Gasteiger partial charge in [0.1, 0.15) is 0 Å². The van der Waals surface area contributed by atoms with Crippen LogP contribution in [0.3, 0.4) is 0 Å². The minimum atomic E-state index is 0.0973. The third-order valence-electron chi connectivity index (χ3n) is 3.47. The molecule has 2 N–H and O–H groups in total. The van der Waals surface area contributed by atoms with Gasteiger partial charge in [0.05, 0.1) is 12.1 Å². The lowest BCUT2D eigenvalue weighted by Crippen LogP contribution is -2.54. The number of hydrogen-bond donors (Lipinski definition) is 1. The molecule has 1 aliphatic heterocycles. The van der Waals surface area contributed by atoms with E-state index in [0.717, 1.165) is 19.6 Å². The molecule has 0 spiro atoms. The molecule has 0 aromatic heterocycles. The van der Waals surface area contributed by atoms with Crippen molar-refractivity contribution in [1.82, 2.24) is 9.80 Å². The van der Waals surface area contributed by atoms with Crippen LogP contribution in [0.2, 0.25) is 0 Å². The molecule has 4 heteroatoms. The van der Waals surface area contributed by atoms with Gasteiger partial charge < -0.3 is 15.5 Å². The van der Waals surface area contributed by atoms with Crippen molar-refractivity contribution in [3.63, 3.8) is 0 Å². The smallest absolute Gasteiger partial charge is 0.191 e. The van der Waals surface area contributed by atoms with Crippen molar-refractivity contribution in [2.24, 2.45) is 16.6 Å². The fraction of sp³-hybridized carbons (Fsp3) is 0.909. The molecular formula is C11H24N4. The van der Waals surface area contributed by atoms with Crippen LogP contribution in [-0.2, 0) is 0 Å². The fourth-order valence-corrected chi connectivity index (χ4v) is 1.84. The molecule has 88 valence electrons. The van der Waals surface area contributed by atoms with Gasteiger partial charge >= 0.3 is 0 Å². The molecule has 1 unspecified atom stereocenters. The number of nitrogens with two attached hydrogens (primary N) is 1. The maximum absolute atomic E-state index is 5.94. The highest BCUT2D eigenvalue weighted by atomic mass is 15.4. The van der Waals surface area contributed by atoms with Crippen LogP contribution in [0.15, 0.2) is 4.99 Å². The Morgan fingerprint density at radius 1 is 1.53 bits per heavy atom. The maximum atomic E-state index is 5.94. The number of hydrogen-bond acceptors (Lipinski definition) is 4. The van der Waals surface area contributed by atoms with Gasteiger partial charge in [-0.25, -0.2) is 0 Å². The largest absolute Gasteiger partial charge is 0.370 e.